The van der Waals surface area contributed by atoms with E-state index in [1.165, 1.54) is 6.08 Å². The van der Waals surface area contributed by atoms with Crippen LogP contribution in [0.25, 0.3) is 0 Å². The number of piperazine rings is 1. The molecule has 1 fully saturated rings. The van der Waals surface area contributed by atoms with Crippen molar-refractivity contribution in [1.29, 1.82) is 0 Å². The Morgan fingerprint density at radius 1 is 1.21 bits per heavy atom. The van der Waals surface area contributed by atoms with Crippen LogP contribution < -0.4 is 0 Å². The van der Waals surface area contributed by atoms with E-state index in [2.05, 4.69) is 6.58 Å². The molecule has 0 unspecified atom stereocenters. The Balaban J connectivity index is 2.42. The molecule has 0 aromatic rings. The fourth-order valence-corrected chi connectivity index (χ4v) is 1.53. The summed E-state index contributed by atoms with van der Waals surface area (Å²) in [7, 11) is 0. The molecule has 0 aromatic heterocycles. The molecule has 1 aliphatic rings. The number of amides is 2. The van der Waals surface area contributed by atoms with Gasteiger partial charge in [0.2, 0.25) is 11.8 Å². The van der Waals surface area contributed by atoms with Crippen molar-refractivity contribution in [1.82, 2.24) is 9.80 Å². The third-order valence-electron chi connectivity index (χ3n) is 2.42. The second kappa shape index (κ2) is 4.79. The summed E-state index contributed by atoms with van der Waals surface area (Å²) in [6.45, 7) is 7.82. The summed E-state index contributed by atoms with van der Waals surface area (Å²) >= 11 is 0. The van der Waals surface area contributed by atoms with Gasteiger partial charge in [-0.3, -0.25) is 9.59 Å². The fraction of sp³-hybridized carbons (Fsp3) is 0.600. The van der Waals surface area contributed by atoms with E-state index in [4.69, 9.17) is 0 Å². The van der Waals surface area contributed by atoms with E-state index in [-0.39, 0.29) is 11.8 Å². The van der Waals surface area contributed by atoms with Gasteiger partial charge in [0.25, 0.3) is 0 Å². The second-order valence-corrected chi connectivity index (χ2v) is 3.26. The van der Waals surface area contributed by atoms with Gasteiger partial charge in [-0.25, -0.2) is 0 Å². The Labute approximate surface area is 84.2 Å². The Hall–Kier alpha value is -1.32. The molecular formula is C10H16N2O2. The molecule has 1 heterocycles. The molecule has 0 bridgehead atoms. The van der Waals surface area contributed by atoms with Crippen molar-refractivity contribution in [2.45, 2.75) is 13.3 Å². The van der Waals surface area contributed by atoms with Crippen LogP contribution in [-0.2, 0) is 9.59 Å². The van der Waals surface area contributed by atoms with Crippen LogP contribution in [0.2, 0.25) is 0 Å². The van der Waals surface area contributed by atoms with Gasteiger partial charge >= 0.3 is 0 Å². The van der Waals surface area contributed by atoms with Crippen LogP contribution >= 0.6 is 0 Å². The average molecular weight is 196 g/mol. The van der Waals surface area contributed by atoms with E-state index in [1.807, 2.05) is 6.92 Å². The van der Waals surface area contributed by atoms with Crippen molar-refractivity contribution in [3.8, 4) is 0 Å². The first-order chi connectivity index (χ1) is 6.69. The maximum absolute atomic E-state index is 11.3. The van der Waals surface area contributed by atoms with Crippen LogP contribution in [0.1, 0.15) is 13.3 Å². The minimum Gasteiger partial charge on any atom is -0.339 e. The van der Waals surface area contributed by atoms with Crippen LogP contribution in [0.3, 0.4) is 0 Å². The number of hydrogen-bond acceptors (Lipinski definition) is 2. The third-order valence-corrected chi connectivity index (χ3v) is 2.42. The van der Waals surface area contributed by atoms with Crippen LogP contribution in [-0.4, -0.2) is 47.8 Å². The quantitative estimate of drug-likeness (QED) is 0.594. The maximum Gasteiger partial charge on any atom is 0.246 e. The summed E-state index contributed by atoms with van der Waals surface area (Å²) in [6, 6.07) is 0. The Kier molecular flexibility index (Phi) is 3.68. The van der Waals surface area contributed by atoms with Crippen molar-refractivity contribution in [2.75, 3.05) is 26.2 Å². The van der Waals surface area contributed by atoms with Gasteiger partial charge in [0, 0.05) is 32.6 Å². The number of rotatable bonds is 2. The van der Waals surface area contributed by atoms with Crippen LogP contribution in [0, 0.1) is 0 Å². The molecule has 0 radical (unpaired) electrons. The largest absolute Gasteiger partial charge is 0.339 e. The smallest absolute Gasteiger partial charge is 0.246 e. The minimum atomic E-state index is -0.0476. The van der Waals surface area contributed by atoms with Gasteiger partial charge in [-0.05, 0) is 6.08 Å². The van der Waals surface area contributed by atoms with E-state index in [1.54, 1.807) is 9.80 Å². The molecule has 1 rings (SSSR count). The lowest BCUT2D eigenvalue weighted by Gasteiger charge is -2.34. The molecule has 78 valence electrons. The Morgan fingerprint density at radius 2 is 1.71 bits per heavy atom. The van der Waals surface area contributed by atoms with Gasteiger partial charge in [-0.1, -0.05) is 13.5 Å². The Bertz CT molecular complexity index is 243. The van der Waals surface area contributed by atoms with Crippen molar-refractivity contribution in [3.05, 3.63) is 12.7 Å². The molecule has 0 saturated carbocycles. The monoisotopic (exact) mass is 196 g/mol. The highest BCUT2D eigenvalue weighted by Crippen LogP contribution is 2.03. The lowest BCUT2D eigenvalue weighted by molar-refractivity contribution is -0.137. The summed E-state index contributed by atoms with van der Waals surface area (Å²) in [5, 5.41) is 0. The predicted molar refractivity (Wildman–Crippen MR) is 53.6 cm³/mol. The van der Waals surface area contributed by atoms with Crippen molar-refractivity contribution >= 4 is 11.8 Å². The molecule has 1 saturated heterocycles. The zero-order valence-corrected chi connectivity index (χ0v) is 8.53. The number of carbonyl (C=O) groups is 2. The van der Waals surface area contributed by atoms with Crippen LogP contribution in [0.15, 0.2) is 12.7 Å². The van der Waals surface area contributed by atoms with Gasteiger partial charge in [0.1, 0.15) is 0 Å². The molecule has 2 amide bonds. The van der Waals surface area contributed by atoms with Crippen molar-refractivity contribution < 1.29 is 9.59 Å². The molecule has 1 aliphatic heterocycles. The average Bonchev–Trinajstić information content (AvgIpc) is 2.27. The van der Waals surface area contributed by atoms with E-state index in [0.717, 1.165) is 0 Å². The highest BCUT2D eigenvalue weighted by molar-refractivity contribution is 5.87. The lowest BCUT2D eigenvalue weighted by atomic mass is 10.3. The molecule has 0 aromatic carbocycles. The Morgan fingerprint density at radius 3 is 2.14 bits per heavy atom. The molecule has 0 aliphatic carbocycles. The van der Waals surface area contributed by atoms with E-state index in [9.17, 15) is 9.59 Å². The highest BCUT2D eigenvalue weighted by atomic mass is 16.2. The summed E-state index contributed by atoms with van der Waals surface area (Å²) in [4.78, 5) is 26.0. The number of nitrogens with zero attached hydrogens (tertiary/aromatic N) is 2. The standard InChI is InChI=1S/C10H16N2O2/c1-3-9(13)11-5-7-12(8-6-11)10(14)4-2/h3H,1,4-8H2,2H3. The predicted octanol–water partition coefficient (Wildman–Crippen LogP) is 0.253. The van der Waals surface area contributed by atoms with E-state index in [0.29, 0.717) is 32.6 Å². The fourth-order valence-electron chi connectivity index (χ4n) is 1.53. The van der Waals surface area contributed by atoms with Crippen LogP contribution in [0.4, 0.5) is 0 Å². The first kappa shape index (κ1) is 10.8. The molecular weight excluding hydrogens is 180 g/mol. The number of hydrogen-bond donors (Lipinski definition) is 0. The molecule has 4 heteroatoms. The third kappa shape index (κ3) is 2.34. The van der Waals surface area contributed by atoms with Crippen molar-refractivity contribution in [3.63, 3.8) is 0 Å². The summed E-state index contributed by atoms with van der Waals surface area (Å²) in [5.41, 5.74) is 0. The first-order valence-corrected chi connectivity index (χ1v) is 4.88. The molecule has 0 N–H and O–H groups in total. The summed E-state index contributed by atoms with van der Waals surface area (Å²) < 4.78 is 0. The van der Waals surface area contributed by atoms with Gasteiger partial charge in [0.05, 0.1) is 0 Å². The molecule has 0 spiro atoms. The SMILES string of the molecule is C=CC(=O)N1CCN(C(=O)CC)CC1. The topological polar surface area (TPSA) is 40.6 Å². The zero-order chi connectivity index (χ0) is 10.6. The second-order valence-electron chi connectivity index (χ2n) is 3.26. The minimum absolute atomic E-state index is 0.0476. The van der Waals surface area contributed by atoms with E-state index < -0.39 is 0 Å². The van der Waals surface area contributed by atoms with Crippen LogP contribution in [0.5, 0.6) is 0 Å². The van der Waals surface area contributed by atoms with Gasteiger partial charge in [0.15, 0.2) is 0 Å². The summed E-state index contributed by atoms with van der Waals surface area (Å²) in [5.74, 6) is 0.115. The first-order valence-electron chi connectivity index (χ1n) is 4.88. The lowest BCUT2D eigenvalue weighted by Crippen LogP contribution is -2.50. The molecule has 14 heavy (non-hydrogen) atoms. The normalized spacial score (nSPS) is 16.6. The highest BCUT2D eigenvalue weighted by Gasteiger charge is 2.21. The van der Waals surface area contributed by atoms with Gasteiger partial charge in [-0.15, -0.1) is 0 Å². The molecule has 4 nitrogen and oxygen atoms in total. The van der Waals surface area contributed by atoms with Gasteiger partial charge < -0.3 is 9.80 Å². The molecule has 0 atom stereocenters. The van der Waals surface area contributed by atoms with E-state index >= 15 is 0 Å². The number of carbonyl (C=O) groups excluding carboxylic acids is 2. The van der Waals surface area contributed by atoms with Crippen molar-refractivity contribution in [2.24, 2.45) is 0 Å². The maximum atomic E-state index is 11.3. The summed E-state index contributed by atoms with van der Waals surface area (Å²) in [6.07, 6.45) is 1.85. The van der Waals surface area contributed by atoms with Gasteiger partial charge in [-0.2, -0.15) is 0 Å². The zero-order valence-electron chi connectivity index (χ0n) is 8.53.